The Morgan fingerprint density at radius 1 is 1.06 bits per heavy atom. The number of hydrogen-bond donors (Lipinski definition) is 1. The number of amides is 2. The number of carbonyl (C=O) groups excluding carboxylic acids is 2. The quantitative estimate of drug-likeness (QED) is 0.421. The number of hydrogen-bond acceptors (Lipinski definition) is 4. The lowest BCUT2D eigenvalue weighted by atomic mass is 10.1. The maximum absolute atomic E-state index is 13.8. The first-order valence-electron chi connectivity index (χ1n) is 10.8. The van der Waals surface area contributed by atoms with Crippen LogP contribution in [0.4, 0.5) is 14.5 Å². The SMILES string of the molecule is CCCCNC(=O)[C@@H](C)N(Cc1ccc(Cl)c(Cl)c1)C(=O)CN(c1ccc(F)c(F)c1)S(C)(=O)=O. The fourth-order valence-corrected chi connectivity index (χ4v) is 4.37. The topological polar surface area (TPSA) is 86.8 Å². The van der Waals surface area contributed by atoms with E-state index in [0.717, 1.165) is 31.2 Å². The molecule has 2 amide bonds. The lowest BCUT2D eigenvalue weighted by Gasteiger charge is -2.31. The van der Waals surface area contributed by atoms with Crippen LogP contribution in [0, 0.1) is 11.6 Å². The molecular formula is C23H27Cl2F2N3O4S. The van der Waals surface area contributed by atoms with E-state index in [9.17, 15) is 26.8 Å². The monoisotopic (exact) mass is 549 g/mol. The van der Waals surface area contributed by atoms with Crippen LogP contribution in [-0.2, 0) is 26.2 Å². The average molecular weight is 550 g/mol. The molecule has 35 heavy (non-hydrogen) atoms. The van der Waals surface area contributed by atoms with Gasteiger partial charge in [0.1, 0.15) is 12.6 Å². The largest absolute Gasteiger partial charge is 0.354 e. The van der Waals surface area contributed by atoms with Gasteiger partial charge in [-0.2, -0.15) is 0 Å². The maximum Gasteiger partial charge on any atom is 0.244 e. The van der Waals surface area contributed by atoms with Crippen molar-refractivity contribution in [3.63, 3.8) is 0 Å². The van der Waals surface area contributed by atoms with Gasteiger partial charge in [0.2, 0.25) is 21.8 Å². The van der Waals surface area contributed by atoms with Crippen molar-refractivity contribution in [3.05, 3.63) is 63.6 Å². The Kier molecular flexibility index (Phi) is 10.3. The van der Waals surface area contributed by atoms with E-state index < -0.39 is 46.1 Å². The van der Waals surface area contributed by atoms with E-state index in [0.29, 0.717) is 27.5 Å². The highest BCUT2D eigenvalue weighted by molar-refractivity contribution is 7.92. The van der Waals surface area contributed by atoms with Gasteiger partial charge in [-0.25, -0.2) is 17.2 Å². The molecule has 2 rings (SSSR count). The minimum absolute atomic E-state index is 0.0759. The summed E-state index contributed by atoms with van der Waals surface area (Å²) in [7, 11) is -4.07. The van der Waals surface area contributed by atoms with Crippen LogP contribution in [-0.4, -0.2) is 50.5 Å². The van der Waals surface area contributed by atoms with Crippen LogP contribution in [0.15, 0.2) is 36.4 Å². The second-order valence-electron chi connectivity index (χ2n) is 7.96. The highest BCUT2D eigenvalue weighted by atomic mass is 35.5. The highest BCUT2D eigenvalue weighted by Crippen LogP contribution is 2.25. The van der Waals surface area contributed by atoms with E-state index in [1.54, 1.807) is 6.07 Å². The van der Waals surface area contributed by atoms with Gasteiger partial charge in [0.15, 0.2) is 11.6 Å². The van der Waals surface area contributed by atoms with E-state index >= 15 is 0 Å². The Hall–Kier alpha value is -2.43. The minimum atomic E-state index is -4.07. The van der Waals surface area contributed by atoms with Crippen LogP contribution in [0.2, 0.25) is 10.0 Å². The van der Waals surface area contributed by atoms with E-state index in [1.807, 2.05) is 6.92 Å². The Morgan fingerprint density at radius 2 is 1.74 bits per heavy atom. The summed E-state index contributed by atoms with van der Waals surface area (Å²) >= 11 is 12.1. The van der Waals surface area contributed by atoms with E-state index in [2.05, 4.69) is 5.32 Å². The molecule has 0 heterocycles. The van der Waals surface area contributed by atoms with E-state index in [1.165, 1.54) is 24.0 Å². The molecule has 0 bridgehead atoms. The van der Waals surface area contributed by atoms with Crippen molar-refractivity contribution in [1.29, 1.82) is 0 Å². The molecule has 0 saturated carbocycles. The van der Waals surface area contributed by atoms with Gasteiger partial charge >= 0.3 is 0 Å². The first-order valence-corrected chi connectivity index (χ1v) is 13.4. The lowest BCUT2D eigenvalue weighted by molar-refractivity contribution is -0.139. The molecule has 0 fully saturated rings. The van der Waals surface area contributed by atoms with Crippen LogP contribution in [0.5, 0.6) is 0 Å². The summed E-state index contributed by atoms with van der Waals surface area (Å²) < 4.78 is 52.7. The van der Waals surface area contributed by atoms with Crippen LogP contribution in [0.3, 0.4) is 0 Å². The first-order chi connectivity index (χ1) is 16.3. The number of rotatable bonds is 11. The molecule has 1 atom stereocenters. The predicted octanol–water partition coefficient (Wildman–Crippen LogP) is 4.37. The van der Waals surface area contributed by atoms with Gasteiger partial charge in [-0.3, -0.25) is 13.9 Å². The zero-order valence-corrected chi connectivity index (χ0v) is 21.9. The van der Waals surface area contributed by atoms with Crippen LogP contribution in [0.1, 0.15) is 32.3 Å². The molecule has 2 aromatic carbocycles. The number of benzene rings is 2. The second-order valence-corrected chi connectivity index (χ2v) is 10.7. The summed E-state index contributed by atoms with van der Waals surface area (Å²) in [5, 5.41) is 3.30. The Morgan fingerprint density at radius 3 is 2.31 bits per heavy atom. The molecule has 0 radical (unpaired) electrons. The molecule has 12 heteroatoms. The number of anilines is 1. The molecule has 0 aromatic heterocycles. The molecule has 0 saturated heterocycles. The smallest absolute Gasteiger partial charge is 0.244 e. The summed E-state index contributed by atoms with van der Waals surface area (Å²) in [5.74, 6) is -3.58. The molecule has 0 unspecified atom stereocenters. The van der Waals surface area contributed by atoms with E-state index in [-0.39, 0.29) is 17.3 Å². The van der Waals surface area contributed by atoms with Crippen molar-refractivity contribution in [3.8, 4) is 0 Å². The number of unbranched alkanes of at least 4 members (excludes halogenated alkanes) is 1. The standard InChI is InChI=1S/C23H27Cl2F2N3O4S/c1-4-5-10-28-23(32)15(2)29(13-16-6-8-18(24)19(25)11-16)22(31)14-30(35(3,33)34)17-7-9-20(26)21(27)12-17/h6-9,11-12,15H,4-5,10,13-14H2,1-3H3,(H,28,32)/t15-/m1/s1. The molecule has 0 aliphatic rings. The van der Waals surface area contributed by atoms with Gasteiger partial charge in [0, 0.05) is 19.2 Å². The van der Waals surface area contributed by atoms with Gasteiger partial charge in [-0.1, -0.05) is 42.6 Å². The third-order valence-electron chi connectivity index (χ3n) is 5.20. The summed E-state index contributed by atoms with van der Waals surface area (Å²) in [6.07, 6.45) is 2.45. The second kappa shape index (κ2) is 12.5. The molecule has 0 aliphatic carbocycles. The van der Waals surface area contributed by atoms with Crippen LogP contribution >= 0.6 is 23.2 Å². The maximum atomic E-state index is 13.8. The number of nitrogens with zero attached hydrogens (tertiary/aromatic N) is 2. The fraction of sp³-hybridized carbons (Fsp3) is 0.391. The van der Waals surface area contributed by atoms with Crippen molar-refractivity contribution in [2.45, 2.75) is 39.3 Å². The molecule has 0 spiro atoms. The Bertz CT molecular complexity index is 1180. The third-order valence-corrected chi connectivity index (χ3v) is 7.08. The molecular weight excluding hydrogens is 523 g/mol. The zero-order chi connectivity index (χ0) is 26.3. The van der Waals surface area contributed by atoms with Crippen molar-refractivity contribution in [1.82, 2.24) is 10.2 Å². The lowest BCUT2D eigenvalue weighted by Crippen LogP contribution is -2.51. The van der Waals surface area contributed by atoms with Crippen LogP contribution in [0.25, 0.3) is 0 Å². The highest BCUT2D eigenvalue weighted by Gasteiger charge is 2.30. The van der Waals surface area contributed by atoms with Gasteiger partial charge in [0.05, 0.1) is 22.0 Å². The number of halogens is 4. The summed E-state index contributed by atoms with van der Waals surface area (Å²) in [6, 6.07) is 6.24. The predicted molar refractivity (Wildman–Crippen MR) is 133 cm³/mol. The number of carbonyl (C=O) groups is 2. The molecule has 2 aromatic rings. The molecule has 0 aliphatic heterocycles. The first kappa shape index (κ1) is 28.8. The van der Waals surface area contributed by atoms with Crippen LogP contribution < -0.4 is 9.62 Å². The summed E-state index contributed by atoms with van der Waals surface area (Å²) in [4.78, 5) is 27.3. The molecule has 7 nitrogen and oxygen atoms in total. The fourth-order valence-electron chi connectivity index (χ4n) is 3.21. The third kappa shape index (κ3) is 8.05. The van der Waals surface area contributed by atoms with Gasteiger partial charge < -0.3 is 10.2 Å². The summed E-state index contributed by atoms with van der Waals surface area (Å²) in [5.41, 5.74) is 0.328. The number of sulfonamides is 1. The van der Waals surface area contributed by atoms with E-state index in [4.69, 9.17) is 23.2 Å². The zero-order valence-electron chi connectivity index (χ0n) is 19.5. The molecule has 192 valence electrons. The van der Waals surface area contributed by atoms with Crippen molar-refractivity contribution in [2.24, 2.45) is 0 Å². The minimum Gasteiger partial charge on any atom is -0.354 e. The van der Waals surface area contributed by atoms with Crippen molar-refractivity contribution >= 4 is 50.7 Å². The number of nitrogens with one attached hydrogen (secondary N) is 1. The molecule has 1 N–H and O–H groups in total. The summed E-state index contributed by atoms with van der Waals surface area (Å²) in [6.45, 7) is 3.08. The Labute approximate surface area is 214 Å². The Balaban J connectivity index is 2.39. The normalized spacial score (nSPS) is 12.2. The average Bonchev–Trinajstić information content (AvgIpc) is 2.78. The van der Waals surface area contributed by atoms with Crippen molar-refractivity contribution < 1.29 is 26.8 Å². The van der Waals surface area contributed by atoms with Gasteiger partial charge in [0.25, 0.3) is 0 Å². The van der Waals surface area contributed by atoms with Crippen molar-refractivity contribution in [2.75, 3.05) is 23.7 Å². The van der Waals surface area contributed by atoms with Gasteiger partial charge in [-0.05, 0) is 43.2 Å². The van der Waals surface area contributed by atoms with Gasteiger partial charge in [-0.15, -0.1) is 0 Å².